The quantitative estimate of drug-likeness (QED) is 0.231. The molecular weight excluding hydrogens is 338 g/mol. The molecule has 2 unspecified atom stereocenters. The van der Waals surface area contributed by atoms with Crippen molar-refractivity contribution >= 4 is 15.4 Å². The second kappa shape index (κ2) is 12.6. The number of hydrogen-bond acceptors (Lipinski definition) is 5. The Morgan fingerprint density at radius 3 is 2.48 bits per heavy atom. The minimum atomic E-state index is -0.857. The fourth-order valence-electron chi connectivity index (χ4n) is 3.32. The molecule has 7 heteroatoms. The van der Waals surface area contributed by atoms with Crippen LogP contribution in [0.5, 0.6) is 0 Å². The fraction of sp³-hybridized carbons (Fsp3) is 0.833. The number of amides is 1. The van der Waals surface area contributed by atoms with Crippen molar-refractivity contribution < 1.29 is 23.7 Å². The fourth-order valence-corrected chi connectivity index (χ4v) is 6.06. The summed E-state index contributed by atoms with van der Waals surface area (Å²) >= 11 is 0. The maximum Gasteiger partial charge on any atom is 0.249 e. The van der Waals surface area contributed by atoms with Crippen LogP contribution in [-0.2, 0) is 23.7 Å². The number of nitrogens with one attached hydrogen (secondary N) is 1. The maximum absolute atomic E-state index is 11.2. The number of carbonyl (C=O) groups is 1. The Bertz CT molecular complexity index is 377. The van der Waals surface area contributed by atoms with Crippen molar-refractivity contribution in [3.63, 3.8) is 0 Å². The van der Waals surface area contributed by atoms with Gasteiger partial charge in [0.15, 0.2) is 0 Å². The van der Waals surface area contributed by atoms with E-state index in [1.165, 1.54) is 6.08 Å². The summed E-state index contributed by atoms with van der Waals surface area (Å²) in [5.74, 6) is -0.126. The lowest BCUT2D eigenvalue weighted by molar-refractivity contribution is -0.324. The molecule has 0 aliphatic carbocycles. The van der Waals surface area contributed by atoms with E-state index in [1.807, 2.05) is 20.8 Å². The summed E-state index contributed by atoms with van der Waals surface area (Å²) in [7, 11) is -0.857. The minimum absolute atomic E-state index is 0.126. The molecular formula is C18H35NO5Si. The highest BCUT2D eigenvalue weighted by atomic mass is 28.2. The predicted molar refractivity (Wildman–Crippen MR) is 101 cm³/mol. The molecule has 1 aliphatic rings. The third-order valence-electron chi connectivity index (χ3n) is 4.33. The third kappa shape index (κ3) is 8.00. The van der Waals surface area contributed by atoms with Gasteiger partial charge in [-0.25, -0.2) is 0 Å². The lowest BCUT2D eigenvalue weighted by Gasteiger charge is -2.39. The van der Waals surface area contributed by atoms with Gasteiger partial charge in [0.05, 0.1) is 6.10 Å². The number of rotatable bonds is 13. The van der Waals surface area contributed by atoms with Gasteiger partial charge in [0.1, 0.15) is 9.52 Å². The second-order valence-corrected chi connectivity index (χ2v) is 8.46. The average Bonchev–Trinajstić information content (AvgIpc) is 2.60. The van der Waals surface area contributed by atoms with E-state index in [0.717, 1.165) is 32.3 Å². The molecule has 0 bridgehead atoms. The van der Waals surface area contributed by atoms with E-state index in [2.05, 4.69) is 11.9 Å². The van der Waals surface area contributed by atoms with E-state index < -0.39 is 15.1 Å². The molecule has 0 radical (unpaired) electrons. The number of ether oxygens (including phenoxy) is 4. The molecule has 1 rings (SSSR count). The van der Waals surface area contributed by atoms with Crippen molar-refractivity contribution in [2.75, 3.05) is 33.0 Å². The summed E-state index contributed by atoms with van der Waals surface area (Å²) in [6.07, 6.45) is 5.51. The molecule has 0 aromatic heterocycles. The minimum Gasteiger partial charge on any atom is -0.378 e. The summed E-state index contributed by atoms with van der Waals surface area (Å²) in [5, 5.41) is 2.82. The molecule has 1 fully saturated rings. The van der Waals surface area contributed by atoms with Crippen molar-refractivity contribution in [1.82, 2.24) is 5.32 Å². The van der Waals surface area contributed by atoms with Crippen LogP contribution in [0.1, 0.15) is 46.5 Å². The van der Waals surface area contributed by atoms with Gasteiger partial charge in [-0.15, -0.1) is 0 Å². The van der Waals surface area contributed by atoms with Crippen molar-refractivity contribution in [1.29, 1.82) is 0 Å². The van der Waals surface area contributed by atoms with Crippen LogP contribution in [0, 0.1) is 0 Å². The van der Waals surface area contributed by atoms with Gasteiger partial charge in [0.2, 0.25) is 11.5 Å². The lowest BCUT2D eigenvalue weighted by atomic mass is 10.0. The van der Waals surface area contributed by atoms with Gasteiger partial charge in [0.25, 0.3) is 0 Å². The molecule has 2 atom stereocenters. The molecule has 1 amide bonds. The van der Waals surface area contributed by atoms with Crippen LogP contribution in [0.3, 0.4) is 0 Å². The Balaban J connectivity index is 2.62. The molecule has 0 aromatic rings. The van der Waals surface area contributed by atoms with Crippen molar-refractivity contribution in [2.24, 2.45) is 0 Å². The van der Waals surface area contributed by atoms with Crippen LogP contribution in [0.2, 0.25) is 5.54 Å². The highest BCUT2D eigenvalue weighted by Crippen LogP contribution is 2.33. The summed E-state index contributed by atoms with van der Waals surface area (Å²) in [4.78, 5) is 11.2. The van der Waals surface area contributed by atoms with E-state index in [1.54, 1.807) is 0 Å². The van der Waals surface area contributed by atoms with Crippen LogP contribution in [0.15, 0.2) is 12.7 Å². The first-order valence-electron chi connectivity index (χ1n) is 9.54. The van der Waals surface area contributed by atoms with Crippen molar-refractivity contribution in [2.45, 2.75) is 63.7 Å². The van der Waals surface area contributed by atoms with Gasteiger partial charge in [-0.05, 0) is 58.1 Å². The Morgan fingerprint density at radius 2 is 1.92 bits per heavy atom. The predicted octanol–water partition coefficient (Wildman–Crippen LogP) is 1.93. The normalized spacial score (nSPS) is 21.6. The van der Waals surface area contributed by atoms with Crippen LogP contribution < -0.4 is 5.32 Å². The summed E-state index contributed by atoms with van der Waals surface area (Å²) in [5.41, 5.74) is -0.396. The first-order valence-corrected chi connectivity index (χ1v) is 11.1. The molecule has 0 aromatic carbocycles. The molecule has 1 aliphatic heterocycles. The monoisotopic (exact) mass is 373 g/mol. The van der Waals surface area contributed by atoms with Gasteiger partial charge < -0.3 is 24.3 Å². The lowest BCUT2D eigenvalue weighted by Crippen LogP contribution is -2.49. The largest absolute Gasteiger partial charge is 0.378 e. The van der Waals surface area contributed by atoms with Gasteiger partial charge >= 0.3 is 0 Å². The third-order valence-corrected chi connectivity index (χ3v) is 6.90. The molecule has 146 valence electrons. The van der Waals surface area contributed by atoms with Gasteiger partial charge in [-0.3, -0.25) is 4.79 Å². The standard InChI is InChI=1S/C18H35NO5Si/c1-5-17(20)19-13-9-11-15-16(12-10-14-21-15)25-18(22-6-2,23-7-3)24-8-4/h5,15-16H,1,6-14,25H2,2-4H3,(H,19,20). The summed E-state index contributed by atoms with van der Waals surface area (Å²) < 4.78 is 23.8. The SMILES string of the molecule is C=CC(=O)NCCCC1OCCCC1[SiH2]C(OCC)(OCC)OCC. The molecule has 0 saturated carbocycles. The first-order chi connectivity index (χ1) is 12.1. The van der Waals surface area contributed by atoms with Crippen molar-refractivity contribution in [3.8, 4) is 0 Å². The van der Waals surface area contributed by atoms with E-state index in [9.17, 15) is 4.79 Å². The zero-order valence-electron chi connectivity index (χ0n) is 16.1. The zero-order chi connectivity index (χ0) is 18.5. The molecule has 1 N–H and O–H groups in total. The van der Waals surface area contributed by atoms with Gasteiger partial charge in [-0.1, -0.05) is 6.58 Å². The molecule has 0 spiro atoms. The summed E-state index contributed by atoms with van der Waals surface area (Å²) in [6, 6.07) is 0. The first kappa shape index (κ1) is 22.3. The molecule has 1 saturated heterocycles. The topological polar surface area (TPSA) is 66.0 Å². The Labute approximate surface area is 154 Å². The van der Waals surface area contributed by atoms with Crippen LogP contribution in [-0.4, -0.2) is 60.1 Å². The maximum atomic E-state index is 11.2. The Kier molecular flexibility index (Phi) is 11.2. The van der Waals surface area contributed by atoms with E-state index in [0.29, 0.717) is 31.9 Å². The second-order valence-electron chi connectivity index (χ2n) is 6.14. The highest BCUT2D eigenvalue weighted by molar-refractivity contribution is 6.40. The Morgan fingerprint density at radius 1 is 1.28 bits per heavy atom. The molecule has 25 heavy (non-hydrogen) atoms. The summed E-state index contributed by atoms with van der Waals surface area (Å²) in [6.45, 7) is 12.5. The van der Waals surface area contributed by atoms with Crippen LogP contribution >= 0.6 is 0 Å². The van der Waals surface area contributed by atoms with E-state index in [4.69, 9.17) is 18.9 Å². The van der Waals surface area contributed by atoms with Gasteiger partial charge in [-0.2, -0.15) is 0 Å². The zero-order valence-corrected chi connectivity index (χ0v) is 17.5. The number of hydrogen-bond donors (Lipinski definition) is 1. The van der Waals surface area contributed by atoms with Crippen molar-refractivity contribution in [3.05, 3.63) is 12.7 Å². The van der Waals surface area contributed by atoms with Gasteiger partial charge in [0, 0.05) is 33.0 Å². The number of carbonyl (C=O) groups excluding carboxylic acids is 1. The van der Waals surface area contributed by atoms with Crippen LogP contribution in [0.4, 0.5) is 0 Å². The van der Waals surface area contributed by atoms with Crippen LogP contribution in [0.25, 0.3) is 0 Å². The smallest absolute Gasteiger partial charge is 0.249 e. The molecule has 6 nitrogen and oxygen atoms in total. The Hall–Kier alpha value is -0.733. The average molecular weight is 374 g/mol. The van der Waals surface area contributed by atoms with E-state index >= 15 is 0 Å². The highest BCUT2D eigenvalue weighted by Gasteiger charge is 2.40. The van der Waals surface area contributed by atoms with E-state index in [-0.39, 0.29) is 12.0 Å². The molecule has 1 heterocycles.